The van der Waals surface area contributed by atoms with E-state index in [1.165, 1.54) is 6.07 Å². The molecule has 1 N–H and O–H groups in total. The third kappa shape index (κ3) is 3.91. The average molecular weight is 466 g/mol. The Hall–Kier alpha value is -3.25. The lowest BCUT2D eigenvalue weighted by Gasteiger charge is -2.07. The average Bonchev–Trinajstić information content (AvgIpc) is 3.12. The minimum Gasteiger partial charge on any atom is -0.450 e. The highest BCUT2D eigenvalue weighted by Crippen LogP contribution is 2.32. The highest BCUT2D eigenvalue weighted by atomic mass is 79.9. The van der Waals surface area contributed by atoms with E-state index in [1.54, 1.807) is 61.5 Å². The Morgan fingerprint density at radius 2 is 1.70 bits per heavy atom. The van der Waals surface area contributed by atoms with Crippen molar-refractivity contribution in [2.45, 2.75) is 6.92 Å². The molecule has 1 heterocycles. The van der Waals surface area contributed by atoms with Crippen LogP contribution in [0, 0.1) is 12.7 Å². The summed E-state index contributed by atoms with van der Waals surface area (Å²) in [5.41, 5.74) is 2.11. The number of fused-ring (bicyclic) bond motifs is 1. The van der Waals surface area contributed by atoms with Crippen LogP contribution in [0.25, 0.3) is 11.0 Å². The molecule has 3 aromatic carbocycles. The molecule has 0 bridgehead atoms. The van der Waals surface area contributed by atoms with Crippen molar-refractivity contribution >= 4 is 44.2 Å². The van der Waals surface area contributed by atoms with Gasteiger partial charge in [0.25, 0.3) is 0 Å². The standard InChI is InChI=1S/C24H17BrFNO3/c1-14-6-7-16(12-19(14)26)23(29)24-22(18-4-2-3-5-21(18)30-24)27-13-20(28)15-8-10-17(25)11-9-15/h2-12,27H,13H2,1H3. The minimum atomic E-state index is -0.461. The van der Waals surface area contributed by atoms with Crippen molar-refractivity contribution in [2.75, 3.05) is 11.9 Å². The zero-order chi connectivity index (χ0) is 21.3. The Labute approximate surface area is 180 Å². The summed E-state index contributed by atoms with van der Waals surface area (Å²) in [5, 5.41) is 3.73. The van der Waals surface area contributed by atoms with E-state index in [9.17, 15) is 14.0 Å². The first-order chi connectivity index (χ1) is 14.4. The molecular formula is C24H17BrFNO3. The second-order valence-electron chi connectivity index (χ2n) is 6.88. The largest absolute Gasteiger partial charge is 0.450 e. The second-order valence-corrected chi connectivity index (χ2v) is 7.79. The Morgan fingerprint density at radius 1 is 1.00 bits per heavy atom. The zero-order valence-corrected chi connectivity index (χ0v) is 17.6. The number of halogens is 2. The van der Waals surface area contributed by atoms with Crippen LogP contribution in [0.5, 0.6) is 0 Å². The van der Waals surface area contributed by atoms with E-state index < -0.39 is 11.6 Å². The molecule has 0 saturated heterocycles. The lowest BCUT2D eigenvalue weighted by atomic mass is 10.0. The quantitative estimate of drug-likeness (QED) is 0.346. The lowest BCUT2D eigenvalue weighted by molar-refractivity contribution is 0.0997. The number of carbonyl (C=O) groups excluding carboxylic acids is 2. The van der Waals surface area contributed by atoms with Crippen LogP contribution < -0.4 is 5.32 Å². The first kappa shape index (κ1) is 20.0. The van der Waals surface area contributed by atoms with Gasteiger partial charge < -0.3 is 9.73 Å². The van der Waals surface area contributed by atoms with Crippen LogP contribution >= 0.6 is 15.9 Å². The number of carbonyl (C=O) groups is 2. The van der Waals surface area contributed by atoms with Gasteiger partial charge in [0.15, 0.2) is 11.5 Å². The van der Waals surface area contributed by atoms with E-state index in [0.29, 0.717) is 27.8 Å². The Morgan fingerprint density at radius 3 is 2.43 bits per heavy atom. The molecule has 0 unspecified atom stereocenters. The van der Waals surface area contributed by atoms with Gasteiger partial charge in [-0.3, -0.25) is 9.59 Å². The van der Waals surface area contributed by atoms with Crippen LogP contribution in [0.2, 0.25) is 0 Å². The molecule has 0 aliphatic heterocycles. The number of para-hydroxylation sites is 1. The van der Waals surface area contributed by atoms with Crippen LogP contribution in [0.4, 0.5) is 10.1 Å². The summed E-state index contributed by atoms with van der Waals surface area (Å²) in [4.78, 5) is 25.6. The van der Waals surface area contributed by atoms with E-state index in [4.69, 9.17) is 4.42 Å². The number of aryl methyl sites for hydroxylation is 1. The van der Waals surface area contributed by atoms with Gasteiger partial charge in [0.2, 0.25) is 5.78 Å². The maximum absolute atomic E-state index is 14.0. The first-order valence-electron chi connectivity index (χ1n) is 9.29. The molecule has 4 aromatic rings. The Kier molecular flexibility index (Phi) is 5.50. The molecule has 0 saturated carbocycles. The third-order valence-electron chi connectivity index (χ3n) is 4.83. The maximum atomic E-state index is 14.0. The molecule has 0 aliphatic carbocycles. The van der Waals surface area contributed by atoms with Crippen LogP contribution in [0.1, 0.15) is 32.0 Å². The fourth-order valence-electron chi connectivity index (χ4n) is 3.15. The van der Waals surface area contributed by atoms with Gasteiger partial charge in [0.05, 0.1) is 12.2 Å². The number of furan rings is 1. The van der Waals surface area contributed by atoms with Gasteiger partial charge in [0, 0.05) is 21.0 Å². The molecule has 0 fully saturated rings. The van der Waals surface area contributed by atoms with E-state index in [-0.39, 0.29) is 23.7 Å². The van der Waals surface area contributed by atoms with Gasteiger partial charge in [-0.2, -0.15) is 0 Å². The summed E-state index contributed by atoms with van der Waals surface area (Å²) >= 11 is 3.35. The molecule has 6 heteroatoms. The molecule has 0 aliphatic rings. The van der Waals surface area contributed by atoms with E-state index in [2.05, 4.69) is 21.2 Å². The fourth-order valence-corrected chi connectivity index (χ4v) is 3.42. The summed E-state index contributed by atoms with van der Waals surface area (Å²) in [6, 6.07) is 18.5. The summed E-state index contributed by atoms with van der Waals surface area (Å²) in [5.74, 6) is -1.00. The predicted octanol–water partition coefficient (Wildman–Crippen LogP) is 6.17. The summed E-state index contributed by atoms with van der Waals surface area (Å²) in [6.07, 6.45) is 0. The van der Waals surface area contributed by atoms with Crippen LogP contribution in [0.15, 0.2) is 75.6 Å². The molecule has 0 radical (unpaired) electrons. The van der Waals surface area contributed by atoms with E-state index in [0.717, 1.165) is 4.47 Å². The molecule has 150 valence electrons. The number of ketones is 2. The summed E-state index contributed by atoms with van der Waals surface area (Å²) < 4.78 is 20.7. The van der Waals surface area contributed by atoms with Crippen molar-refractivity contribution < 1.29 is 18.4 Å². The molecule has 30 heavy (non-hydrogen) atoms. The minimum absolute atomic E-state index is 0.0201. The van der Waals surface area contributed by atoms with Gasteiger partial charge >= 0.3 is 0 Å². The maximum Gasteiger partial charge on any atom is 0.230 e. The van der Waals surface area contributed by atoms with Crippen molar-refractivity contribution in [1.82, 2.24) is 0 Å². The van der Waals surface area contributed by atoms with Gasteiger partial charge in [-0.25, -0.2) is 4.39 Å². The van der Waals surface area contributed by atoms with Crippen molar-refractivity contribution in [3.8, 4) is 0 Å². The molecule has 4 nitrogen and oxygen atoms in total. The summed E-state index contributed by atoms with van der Waals surface area (Å²) in [7, 11) is 0. The van der Waals surface area contributed by atoms with Gasteiger partial charge in [-0.15, -0.1) is 0 Å². The monoisotopic (exact) mass is 465 g/mol. The number of benzene rings is 3. The molecule has 1 aromatic heterocycles. The van der Waals surface area contributed by atoms with Gasteiger partial charge in [-0.1, -0.05) is 52.3 Å². The molecule has 0 atom stereocenters. The fraction of sp³-hybridized carbons (Fsp3) is 0.0833. The number of Topliss-reactive ketones (excluding diaryl/α,β-unsaturated/α-hetero) is 1. The number of anilines is 1. The smallest absolute Gasteiger partial charge is 0.230 e. The van der Waals surface area contributed by atoms with E-state index in [1.807, 2.05) is 6.07 Å². The Balaban J connectivity index is 1.68. The van der Waals surface area contributed by atoms with E-state index >= 15 is 0 Å². The second kappa shape index (κ2) is 8.24. The molecular weight excluding hydrogens is 449 g/mol. The number of nitrogens with one attached hydrogen (secondary N) is 1. The zero-order valence-electron chi connectivity index (χ0n) is 16.0. The highest BCUT2D eigenvalue weighted by molar-refractivity contribution is 9.10. The predicted molar refractivity (Wildman–Crippen MR) is 118 cm³/mol. The van der Waals surface area contributed by atoms with Gasteiger partial charge in [0.1, 0.15) is 11.4 Å². The van der Waals surface area contributed by atoms with Gasteiger partial charge in [-0.05, 0) is 42.8 Å². The van der Waals surface area contributed by atoms with Crippen LogP contribution in [-0.4, -0.2) is 18.1 Å². The van der Waals surface area contributed by atoms with Crippen LogP contribution in [0.3, 0.4) is 0 Å². The number of hydrogen-bond donors (Lipinski definition) is 1. The SMILES string of the molecule is Cc1ccc(C(=O)c2oc3ccccc3c2NCC(=O)c2ccc(Br)cc2)cc1F. The Bertz CT molecular complexity index is 1260. The summed E-state index contributed by atoms with van der Waals surface area (Å²) in [6.45, 7) is 1.61. The molecule has 0 amide bonds. The number of hydrogen-bond acceptors (Lipinski definition) is 4. The molecule has 0 spiro atoms. The van der Waals surface area contributed by atoms with Crippen molar-refractivity contribution in [1.29, 1.82) is 0 Å². The van der Waals surface area contributed by atoms with Crippen molar-refractivity contribution in [3.05, 3.63) is 99.5 Å². The highest BCUT2D eigenvalue weighted by Gasteiger charge is 2.23. The third-order valence-corrected chi connectivity index (χ3v) is 5.36. The first-order valence-corrected chi connectivity index (χ1v) is 10.1. The topological polar surface area (TPSA) is 59.3 Å². The lowest BCUT2D eigenvalue weighted by Crippen LogP contribution is -2.15. The van der Waals surface area contributed by atoms with Crippen LogP contribution in [-0.2, 0) is 0 Å². The number of rotatable bonds is 6. The normalized spacial score (nSPS) is 10.9. The molecule has 4 rings (SSSR count). The van der Waals surface area contributed by atoms with Crippen molar-refractivity contribution in [2.24, 2.45) is 0 Å². The van der Waals surface area contributed by atoms with Crippen molar-refractivity contribution in [3.63, 3.8) is 0 Å².